The van der Waals surface area contributed by atoms with Crippen molar-refractivity contribution in [1.29, 1.82) is 0 Å². The molecule has 0 spiro atoms. The Bertz CT molecular complexity index is 282. The minimum atomic E-state index is 0.656. The summed E-state index contributed by atoms with van der Waals surface area (Å²) in [5.41, 5.74) is 2.33. The van der Waals surface area contributed by atoms with Crippen LogP contribution in [-0.2, 0) is 4.74 Å². The molecule has 0 aliphatic heterocycles. The molecule has 0 N–H and O–H groups in total. The van der Waals surface area contributed by atoms with Crippen molar-refractivity contribution in [1.82, 2.24) is 0 Å². The Balaban J connectivity index is 2.63. The van der Waals surface area contributed by atoms with Gasteiger partial charge in [0.2, 0.25) is 0 Å². The molecule has 0 amide bonds. The van der Waals surface area contributed by atoms with E-state index in [1.807, 2.05) is 30.4 Å². The first-order chi connectivity index (χ1) is 6.36. The van der Waals surface area contributed by atoms with E-state index in [0.29, 0.717) is 6.61 Å². The van der Waals surface area contributed by atoms with Crippen molar-refractivity contribution >= 4 is 12.2 Å². The zero-order chi connectivity index (χ0) is 9.52. The average Bonchev–Trinajstić information content (AvgIpc) is 2.19. The summed E-state index contributed by atoms with van der Waals surface area (Å²) < 4.78 is 4.91. The predicted octanol–water partition coefficient (Wildman–Crippen LogP) is 2.99. The van der Waals surface area contributed by atoms with Gasteiger partial charge >= 0.3 is 0 Å². The monoisotopic (exact) mass is 174 g/mol. The SMILES string of the molecule is C=Cc1ccc(/C=C/COC)cc1. The third-order valence-electron chi connectivity index (χ3n) is 1.75. The molecule has 0 bridgehead atoms. The molecule has 13 heavy (non-hydrogen) atoms. The molecule has 0 radical (unpaired) electrons. The van der Waals surface area contributed by atoms with Crippen LogP contribution in [0.15, 0.2) is 36.9 Å². The summed E-state index contributed by atoms with van der Waals surface area (Å²) in [7, 11) is 1.69. The van der Waals surface area contributed by atoms with Crippen molar-refractivity contribution in [3.8, 4) is 0 Å². The van der Waals surface area contributed by atoms with Crippen LogP contribution >= 0.6 is 0 Å². The van der Waals surface area contributed by atoms with Gasteiger partial charge in [-0.2, -0.15) is 0 Å². The summed E-state index contributed by atoms with van der Waals surface area (Å²) in [6.07, 6.45) is 5.86. The first kappa shape index (κ1) is 9.75. The number of hydrogen-bond donors (Lipinski definition) is 0. The molecule has 68 valence electrons. The van der Waals surface area contributed by atoms with E-state index in [-0.39, 0.29) is 0 Å². The topological polar surface area (TPSA) is 9.23 Å². The van der Waals surface area contributed by atoms with Crippen molar-refractivity contribution < 1.29 is 4.74 Å². The molecule has 0 atom stereocenters. The van der Waals surface area contributed by atoms with Crippen molar-refractivity contribution in [2.75, 3.05) is 13.7 Å². The van der Waals surface area contributed by atoms with Crippen molar-refractivity contribution in [3.05, 3.63) is 48.0 Å². The predicted molar refractivity (Wildman–Crippen MR) is 57.4 cm³/mol. The molecule has 0 aliphatic rings. The molecule has 0 fully saturated rings. The van der Waals surface area contributed by atoms with Crippen LogP contribution < -0.4 is 0 Å². The highest BCUT2D eigenvalue weighted by atomic mass is 16.5. The van der Waals surface area contributed by atoms with Crippen LogP contribution in [0.3, 0.4) is 0 Å². The Morgan fingerprint density at radius 2 is 1.85 bits per heavy atom. The lowest BCUT2D eigenvalue weighted by atomic mass is 10.1. The maximum Gasteiger partial charge on any atom is 0.0646 e. The zero-order valence-electron chi connectivity index (χ0n) is 7.86. The lowest BCUT2D eigenvalue weighted by molar-refractivity contribution is 0.234. The second-order valence-electron chi connectivity index (χ2n) is 2.73. The highest BCUT2D eigenvalue weighted by molar-refractivity contribution is 5.54. The second-order valence-corrected chi connectivity index (χ2v) is 2.73. The Labute approximate surface area is 79.4 Å². The van der Waals surface area contributed by atoms with Gasteiger partial charge in [0.15, 0.2) is 0 Å². The Morgan fingerprint density at radius 3 is 2.38 bits per heavy atom. The molecule has 0 aliphatic carbocycles. The molecule has 1 nitrogen and oxygen atoms in total. The largest absolute Gasteiger partial charge is 0.381 e. The number of rotatable bonds is 4. The molecule has 1 rings (SSSR count). The molecular weight excluding hydrogens is 160 g/mol. The Kier molecular flexibility index (Phi) is 4.00. The Morgan fingerprint density at radius 1 is 1.23 bits per heavy atom. The highest BCUT2D eigenvalue weighted by Gasteiger charge is 1.86. The van der Waals surface area contributed by atoms with E-state index in [0.717, 1.165) is 5.56 Å². The number of methoxy groups -OCH3 is 1. The fraction of sp³-hybridized carbons (Fsp3) is 0.167. The van der Waals surface area contributed by atoms with Crippen LogP contribution in [0.5, 0.6) is 0 Å². The van der Waals surface area contributed by atoms with Gasteiger partial charge in [0.05, 0.1) is 6.61 Å². The molecule has 1 aromatic rings. The van der Waals surface area contributed by atoms with Gasteiger partial charge < -0.3 is 4.74 Å². The molecular formula is C12H14O. The average molecular weight is 174 g/mol. The van der Waals surface area contributed by atoms with E-state index in [1.54, 1.807) is 7.11 Å². The van der Waals surface area contributed by atoms with E-state index < -0.39 is 0 Å². The maximum absolute atomic E-state index is 4.91. The van der Waals surface area contributed by atoms with Gasteiger partial charge in [-0.15, -0.1) is 0 Å². The van der Waals surface area contributed by atoms with Crippen LogP contribution in [0.25, 0.3) is 12.2 Å². The normalized spacial score (nSPS) is 10.5. The summed E-state index contributed by atoms with van der Waals surface area (Å²) in [6.45, 7) is 4.35. The molecule has 1 heteroatoms. The minimum absolute atomic E-state index is 0.656. The quantitative estimate of drug-likeness (QED) is 0.681. The number of benzene rings is 1. The maximum atomic E-state index is 4.91. The summed E-state index contributed by atoms with van der Waals surface area (Å²) in [5.74, 6) is 0. The van der Waals surface area contributed by atoms with Gasteiger partial charge in [0.1, 0.15) is 0 Å². The van der Waals surface area contributed by atoms with Gasteiger partial charge in [-0.3, -0.25) is 0 Å². The van der Waals surface area contributed by atoms with Crippen LogP contribution in [0.1, 0.15) is 11.1 Å². The van der Waals surface area contributed by atoms with Gasteiger partial charge in [-0.25, -0.2) is 0 Å². The lowest BCUT2D eigenvalue weighted by Crippen LogP contribution is -1.80. The van der Waals surface area contributed by atoms with E-state index >= 15 is 0 Å². The van der Waals surface area contributed by atoms with Crippen LogP contribution in [0, 0.1) is 0 Å². The van der Waals surface area contributed by atoms with E-state index in [9.17, 15) is 0 Å². The molecule has 0 unspecified atom stereocenters. The summed E-state index contributed by atoms with van der Waals surface area (Å²) in [5, 5.41) is 0. The highest BCUT2D eigenvalue weighted by Crippen LogP contribution is 2.06. The van der Waals surface area contributed by atoms with E-state index in [1.165, 1.54) is 5.56 Å². The third kappa shape index (κ3) is 3.26. The first-order valence-corrected chi connectivity index (χ1v) is 4.25. The fourth-order valence-electron chi connectivity index (χ4n) is 1.02. The molecule has 0 aromatic heterocycles. The van der Waals surface area contributed by atoms with Gasteiger partial charge in [0.25, 0.3) is 0 Å². The molecule has 1 aromatic carbocycles. The fourth-order valence-corrected chi connectivity index (χ4v) is 1.02. The van der Waals surface area contributed by atoms with Crippen LogP contribution in [0.2, 0.25) is 0 Å². The molecule has 0 saturated heterocycles. The summed E-state index contributed by atoms with van der Waals surface area (Å²) in [4.78, 5) is 0. The smallest absolute Gasteiger partial charge is 0.0646 e. The Hall–Kier alpha value is -1.34. The number of ether oxygens (including phenoxy) is 1. The zero-order valence-corrected chi connectivity index (χ0v) is 7.86. The standard InChI is InChI=1S/C12H14O/c1-3-11-6-8-12(9-7-11)5-4-10-13-2/h3-9H,1,10H2,2H3/b5-4+. The van der Waals surface area contributed by atoms with Gasteiger partial charge in [0, 0.05) is 7.11 Å². The van der Waals surface area contributed by atoms with Gasteiger partial charge in [-0.05, 0) is 11.1 Å². The second kappa shape index (κ2) is 5.33. The van der Waals surface area contributed by atoms with Crippen molar-refractivity contribution in [3.63, 3.8) is 0 Å². The number of hydrogen-bond acceptors (Lipinski definition) is 1. The van der Waals surface area contributed by atoms with Crippen LogP contribution in [-0.4, -0.2) is 13.7 Å². The van der Waals surface area contributed by atoms with Crippen molar-refractivity contribution in [2.24, 2.45) is 0 Å². The van der Waals surface area contributed by atoms with Gasteiger partial charge in [-0.1, -0.05) is 49.1 Å². The first-order valence-electron chi connectivity index (χ1n) is 4.25. The summed E-state index contributed by atoms with van der Waals surface area (Å²) in [6, 6.07) is 8.20. The third-order valence-corrected chi connectivity index (χ3v) is 1.75. The lowest BCUT2D eigenvalue weighted by Gasteiger charge is -1.95. The molecule has 0 saturated carbocycles. The van der Waals surface area contributed by atoms with E-state index in [4.69, 9.17) is 4.74 Å². The van der Waals surface area contributed by atoms with Crippen molar-refractivity contribution in [2.45, 2.75) is 0 Å². The van der Waals surface area contributed by atoms with Crippen LogP contribution in [0.4, 0.5) is 0 Å². The summed E-state index contributed by atoms with van der Waals surface area (Å²) >= 11 is 0. The van der Waals surface area contributed by atoms with E-state index in [2.05, 4.69) is 18.7 Å². The minimum Gasteiger partial charge on any atom is -0.381 e. The molecule has 0 heterocycles.